The predicted octanol–water partition coefficient (Wildman–Crippen LogP) is 2.10. The van der Waals surface area contributed by atoms with E-state index in [-0.39, 0.29) is 17.8 Å². The number of hydrogen-bond donors (Lipinski definition) is 0. The molecule has 1 atom stereocenters. The number of carbonyl (C=O) groups excluding carboxylic acids is 1. The van der Waals surface area contributed by atoms with Crippen LogP contribution in [0.3, 0.4) is 0 Å². The van der Waals surface area contributed by atoms with Crippen LogP contribution in [0.2, 0.25) is 0 Å². The second kappa shape index (κ2) is 6.78. The Labute approximate surface area is 83.7 Å². The van der Waals surface area contributed by atoms with Crippen LogP contribution in [-0.4, -0.2) is 25.1 Å². The van der Waals surface area contributed by atoms with E-state index in [0.717, 1.165) is 0 Å². The average molecular weight is 207 g/mol. The molecule has 0 rings (SSSR count). The van der Waals surface area contributed by atoms with Crippen LogP contribution in [-0.2, 0) is 14.3 Å². The number of rotatable bonds is 5. The van der Waals surface area contributed by atoms with Crippen molar-refractivity contribution >= 4 is 17.6 Å². The Balaban J connectivity index is 3.99. The second-order valence-corrected chi connectivity index (χ2v) is 3.09. The molecule has 0 aliphatic heterocycles. The van der Waals surface area contributed by atoms with E-state index in [1.165, 1.54) is 7.11 Å². The molecule has 0 fully saturated rings. The van der Waals surface area contributed by atoms with Gasteiger partial charge in [0, 0.05) is 0 Å². The van der Waals surface area contributed by atoms with Crippen molar-refractivity contribution in [1.82, 2.24) is 0 Å². The number of carbonyl (C=O) groups is 1. The summed E-state index contributed by atoms with van der Waals surface area (Å²) in [6.45, 7) is 3.94. The quantitative estimate of drug-likeness (QED) is 0.393. The van der Waals surface area contributed by atoms with Crippen molar-refractivity contribution in [3.8, 4) is 0 Å². The molecule has 0 N–H and O–H groups in total. The van der Waals surface area contributed by atoms with E-state index in [0.29, 0.717) is 12.4 Å². The summed E-state index contributed by atoms with van der Waals surface area (Å²) >= 11 is 5.76. The van der Waals surface area contributed by atoms with Gasteiger partial charge in [0.05, 0.1) is 25.5 Å². The third kappa shape index (κ3) is 5.53. The number of alkyl halides is 1. The number of ether oxygens (including phenoxy) is 2. The van der Waals surface area contributed by atoms with Gasteiger partial charge in [-0.3, -0.25) is 4.79 Å². The molecule has 0 aliphatic rings. The first-order chi connectivity index (χ1) is 6.11. The van der Waals surface area contributed by atoms with E-state index in [4.69, 9.17) is 21.1 Å². The van der Waals surface area contributed by atoms with Gasteiger partial charge in [-0.2, -0.15) is 0 Å². The zero-order valence-electron chi connectivity index (χ0n) is 8.17. The van der Waals surface area contributed by atoms with Crippen molar-refractivity contribution < 1.29 is 14.3 Å². The van der Waals surface area contributed by atoms with Gasteiger partial charge in [-0.1, -0.05) is 0 Å². The number of esters is 1. The zero-order chi connectivity index (χ0) is 10.3. The highest BCUT2D eigenvalue weighted by Gasteiger charge is 2.06. The Hall–Kier alpha value is -0.700. The Morgan fingerprint density at radius 3 is 2.62 bits per heavy atom. The molecule has 0 aliphatic carbocycles. The van der Waals surface area contributed by atoms with Gasteiger partial charge in [-0.25, -0.2) is 0 Å². The van der Waals surface area contributed by atoms with Crippen molar-refractivity contribution in [2.24, 2.45) is 0 Å². The van der Waals surface area contributed by atoms with E-state index in [2.05, 4.69) is 0 Å². The molecule has 0 aromatic carbocycles. The minimum atomic E-state index is -0.269. The largest absolute Gasteiger partial charge is 0.500 e. The molecule has 13 heavy (non-hydrogen) atoms. The summed E-state index contributed by atoms with van der Waals surface area (Å²) in [4.78, 5) is 10.9. The lowest BCUT2D eigenvalue weighted by Gasteiger charge is -2.07. The summed E-state index contributed by atoms with van der Waals surface area (Å²) in [5.41, 5.74) is 0. The molecule has 3 nitrogen and oxygen atoms in total. The fraction of sp³-hybridized carbons (Fsp3) is 0.667. The van der Waals surface area contributed by atoms with Crippen LogP contribution in [0.15, 0.2) is 11.8 Å². The molecule has 0 saturated carbocycles. The van der Waals surface area contributed by atoms with Crippen LogP contribution in [0, 0.1) is 0 Å². The van der Waals surface area contributed by atoms with E-state index < -0.39 is 0 Å². The number of allylic oxidation sites excluding steroid dienone is 1. The molecule has 0 radical (unpaired) electrons. The van der Waals surface area contributed by atoms with Gasteiger partial charge in [-0.05, 0) is 19.9 Å². The summed E-state index contributed by atoms with van der Waals surface area (Å²) in [5.74, 6) is 0.323. The summed E-state index contributed by atoms with van der Waals surface area (Å²) in [6, 6.07) is 0. The molecule has 1 unspecified atom stereocenters. The molecule has 76 valence electrons. The first-order valence-electron chi connectivity index (χ1n) is 4.15. The van der Waals surface area contributed by atoms with Crippen molar-refractivity contribution in [3.05, 3.63) is 11.8 Å². The molecular weight excluding hydrogens is 192 g/mol. The SMILES string of the molecule is CCOC(=O)CC=C(OC)C(C)Cl. The summed E-state index contributed by atoms with van der Waals surface area (Å²) in [5, 5.41) is -0.223. The van der Waals surface area contributed by atoms with Crippen LogP contribution in [0.4, 0.5) is 0 Å². The van der Waals surface area contributed by atoms with Gasteiger partial charge in [0.2, 0.25) is 0 Å². The Morgan fingerprint density at radius 1 is 1.62 bits per heavy atom. The lowest BCUT2D eigenvalue weighted by molar-refractivity contribution is -0.142. The Bertz CT molecular complexity index is 187. The van der Waals surface area contributed by atoms with Crippen LogP contribution in [0.1, 0.15) is 20.3 Å². The maximum Gasteiger partial charge on any atom is 0.309 e. The van der Waals surface area contributed by atoms with Crippen molar-refractivity contribution in [3.63, 3.8) is 0 Å². The van der Waals surface area contributed by atoms with E-state index in [1.54, 1.807) is 19.9 Å². The maximum atomic E-state index is 10.9. The molecule has 0 amide bonds. The first-order valence-corrected chi connectivity index (χ1v) is 4.59. The van der Waals surface area contributed by atoms with Gasteiger partial charge in [0.25, 0.3) is 0 Å². The summed E-state index contributed by atoms with van der Waals surface area (Å²) in [7, 11) is 1.52. The van der Waals surface area contributed by atoms with Gasteiger partial charge in [-0.15, -0.1) is 11.6 Å². The fourth-order valence-corrected chi connectivity index (χ4v) is 0.990. The van der Waals surface area contributed by atoms with Gasteiger partial charge in [0.1, 0.15) is 5.76 Å². The summed E-state index contributed by atoms with van der Waals surface area (Å²) < 4.78 is 9.70. The second-order valence-electron chi connectivity index (χ2n) is 2.44. The standard InChI is InChI=1S/C9H15ClO3/c1-4-13-9(11)6-5-8(12-3)7(2)10/h5,7H,4,6H2,1-3H3. The predicted molar refractivity (Wildman–Crippen MR) is 51.7 cm³/mol. The monoisotopic (exact) mass is 206 g/mol. The number of methoxy groups -OCH3 is 1. The van der Waals surface area contributed by atoms with Gasteiger partial charge < -0.3 is 9.47 Å². The third-order valence-corrected chi connectivity index (χ3v) is 1.62. The van der Waals surface area contributed by atoms with Crippen LogP contribution >= 0.6 is 11.6 Å². The van der Waals surface area contributed by atoms with Gasteiger partial charge in [0.15, 0.2) is 0 Å². The molecule has 0 aromatic heterocycles. The first kappa shape index (κ1) is 12.3. The molecule has 0 aromatic rings. The van der Waals surface area contributed by atoms with Crippen molar-refractivity contribution in [2.75, 3.05) is 13.7 Å². The molecule has 0 bridgehead atoms. The smallest absolute Gasteiger partial charge is 0.309 e. The lowest BCUT2D eigenvalue weighted by atomic mass is 10.3. The Morgan fingerprint density at radius 2 is 2.23 bits per heavy atom. The minimum absolute atomic E-state index is 0.202. The number of hydrogen-bond acceptors (Lipinski definition) is 3. The highest BCUT2D eigenvalue weighted by atomic mass is 35.5. The van der Waals surface area contributed by atoms with Crippen molar-refractivity contribution in [2.45, 2.75) is 25.6 Å². The van der Waals surface area contributed by atoms with E-state index in [9.17, 15) is 4.79 Å². The number of halogens is 1. The molecule has 0 heterocycles. The zero-order valence-corrected chi connectivity index (χ0v) is 8.93. The Kier molecular flexibility index (Phi) is 6.41. The maximum absolute atomic E-state index is 10.9. The van der Waals surface area contributed by atoms with E-state index >= 15 is 0 Å². The van der Waals surface area contributed by atoms with Crippen molar-refractivity contribution in [1.29, 1.82) is 0 Å². The summed E-state index contributed by atoms with van der Waals surface area (Å²) in [6.07, 6.45) is 1.84. The topological polar surface area (TPSA) is 35.5 Å². The van der Waals surface area contributed by atoms with Gasteiger partial charge >= 0.3 is 5.97 Å². The van der Waals surface area contributed by atoms with Crippen LogP contribution < -0.4 is 0 Å². The molecular formula is C9H15ClO3. The lowest BCUT2D eigenvalue weighted by Crippen LogP contribution is -2.05. The third-order valence-electron chi connectivity index (χ3n) is 1.40. The van der Waals surface area contributed by atoms with Crippen LogP contribution in [0.5, 0.6) is 0 Å². The van der Waals surface area contributed by atoms with Crippen LogP contribution in [0.25, 0.3) is 0 Å². The molecule has 0 saturated heterocycles. The highest BCUT2D eigenvalue weighted by Crippen LogP contribution is 2.10. The van der Waals surface area contributed by atoms with E-state index in [1.807, 2.05) is 0 Å². The molecule has 4 heteroatoms. The highest BCUT2D eigenvalue weighted by molar-refractivity contribution is 6.21. The normalized spacial score (nSPS) is 13.7. The average Bonchev–Trinajstić information content (AvgIpc) is 2.05. The molecule has 0 spiro atoms. The fourth-order valence-electron chi connectivity index (χ4n) is 0.812. The minimum Gasteiger partial charge on any atom is -0.500 e.